The van der Waals surface area contributed by atoms with Crippen LogP contribution in [0.2, 0.25) is 0 Å². The number of likely N-dealkylation sites (tertiary alicyclic amines) is 1. The van der Waals surface area contributed by atoms with Gasteiger partial charge in [0, 0.05) is 19.2 Å². The third-order valence-electron chi connectivity index (χ3n) is 5.40. The van der Waals surface area contributed by atoms with E-state index < -0.39 is 0 Å². The Labute approximate surface area is 138 Å². The normalized spacial score (nSPS) is 22.7. The lowest BCUT2D eigenvalue weighted by atomic mass is 9.79. The van der Waals surface area contributed by atoms with Gasteiger partial charge in [0.05, 0.1) is 6.04 Å². The van der Waals surface area contributed by atoms with Gasteiger partial charge in [-0.3, -0.25) is 0 Å². The van der Waals surface area contributed by atoms with Gasteiger partial charge >= 0.3 is 6.03 Å². The molecule has 0 bridgehead atoms. The molecule has 4 nitrogen and oxygen atoms in total. The van der Waals surface area contributed by atoms with E-state index in [1.54, 1.807) is 0 Å². The Bertz CT molecular complexity index is 501. The molecule has 2 N–H and O–H groups in total. The van der Waals surface area contributed by atoms with Gasteiger partial charge in [0.2, 0.25) is 0 Å². The van der Waals surface area contributed by atoms with Gasteiger partial charge in [0.25, 0.3) is 0 Å². The minimum Gasteiger partial charge on any atom is -0.396 e. The first-order valence-electron chi connectivity index (χ1n) is 9.02. The Kier molecular flexibility index (Phi) is 5.55. The van der Waals surface area contributed by atoms with Crippen LogP contribution in [0.1, 0.15) is 56.6 Å². The largest absolute Gasteiger partial charge is 0.396 e. The number of rotatable bonds is 6. The van der Waals surface area contributed by atoms with Crippen LogP contribution in [-0.2, 0) is 0 Å². The zero-order valence-corrected chi connectivity index (χ0v) is 13.8. The highest BCUT2D eigenvalue weighted by Gasteiger charge is 2.37. The summed E-state index contributed by atoms with van der Waals surface area (Å²) in [5.74, 6) is 0.718. The summed E-state index contributed by atoms with van der Waals surface area (Å²) in [7, 11) is 0. The lowest BCUT2D eigenvalue weighted by molar-refractivity contribution is 0.136. The molecule has 2 atom stereocenters. The third-order valence-corrected chi connectivity index (χ3v) is 5.40. The highest BCUT2D eigenvalue weighted by atomic mass is 16.3. The first-order valence-corrected chi connectivity index (χ1v) is 9.02. The molecule has 0 radical (unpaired) electrons. The van der Waals surface area contributed by atoms with Crippen molar-refractivity contribution in [3.63, 3.8) is 0 Å². The van der Waals surface area contributed by atoms with E-state index in [9.17, 15) is 4.79 Å². The third kappa shape index (κ3) is 3.86. The van der Waals surface area contributed by atoms with E-state index in [4.69, 9.17) is 5.11 Å². The second-order valence-electron chi connectivity index (χ2n) is 6.87. The molecule has 4 heteroatoms. The molecule has 2 aliphatic rings. The molecule has 126 valence electrons. The fourth-order valence-corrected chi connectivity index (χ4v) is 3.89. The van der Waals surface area contributed by atoms with Gasteiger partial charge < -0.3 is 15.3 Å². The number of hydrogen-bond donors (Lipinski definition) is 2. The second kappa shape index (κ2) is 7.82. The molecule has 0 aromatic heterocycles. The van der Waals surface area contributed by atoms with Gasteiger partial charge in [-0.15, -0.1) is 0 Å². The molecule has 1 saturated heterocycles. The van der Waals surface area contributed by atoms with Crippen LogP contribution < -0.4 is 5.32 Å². The zero-order valence-electron chi connectivity index (χ0n) is 13.8. The number of aliphatic hydroxyl groups is 1. The van der Waals surface area contributed by atoms with Gasteiger partial charge in [-0.05, 0) is 50.0 Å². The first-order chi connectivity index (χ1) is 11.3. The molecule has 2 amide bonds. The summed E-state index contributed by atoms with van der Waals surface area (Å²) in [6, 6.07) is 10.6. The maximum absolute atomic E-state index is 12.8. The highest BCUT2D eigenvalue weighted by molar-refractivity contribution is 5.75. The lowest BCUT2D eigenvalue weighted by Gasteiger charge is -2.37. The number of carbonyl (C=O) groups excluding carboxylic acids is 1. The standard InChI is InChI=1S/C19H28N2O2/c22-14-6-11-17(15-7-2-1-3-8-15)20-19(23)21-13-5-12-18(21)16-9-4-10-16/h1-3,7-8,16-18,22H,4-6,9-14H2,(H,20,23)/t17-,18+/m1/s1. The molecule has 0 spiro atoms. The van der Waals surface area contributed by atoms with Crippen LogP contribution in [0.25, 0.3) is 0 Å². The minimum absolute atomic E-state index is 0.0153. The van der Waals surface area contributed by atoms with E-state index in [0.29, 0.717) is 12.5 Å². The maximum atomic E-state index is 12.8. The Hall–Kier alpha value is -1.55. The van der Waals surface area contributed by atoms with Crippen molar-refractivity contribution in [3.8, 4) is 0 Å². The summed E-state index contributed by atoms with van der Waals surface area (Å²) in [5.41, 5.74) is 1.12. The second-order valence-corrected chi connectivity index (χ2v) is 6.87. The Balaban J connectivity index is 1.65. The lowest BCUT2D eigenvalue weighted by Crippen LogP contribution is -2.48. The molecule has 2 fully saturated rings. The number of urea groups is 1. The molecule has 23 heavy (non-hydrogen) atoms. The average molecular weight is 316 g/mol. The van der Waals surface area contributed by atoms with Crippen molar-refractivity contribution in [2.45, 2.75) is 57.0 Å². The van der Waals surface area contributed by atoms with E-state index in [0.717, 1.165) is 37.3 Å². The minimum atomic E-state index is -0.0153. The van der Waals surface area contributed by atoms with Gasteiger partial charge in [-0.2, -0.15) is 0 Å². The summed E-state index contributed by atoms with van der Waals surface area (Å²) in [6.07, 6.45) is 7.63. The average Bonchev–Trinajstić information content (AvgIpc) is 2.99. The molecule has 1 saturated carbocycles. The van der Waals surface area contributed by atoms with E-state index in [1.165, 1.54) is 19.3 Å². The smallest absolute Gasteiger partial charge is 0.318 e. The van der Waals surface area contributed by atoms with E-state index in [1.807, 2.05) is 18.2 Å². The number of hydrogen-bond acceptors (Lipinski definition) is 2. The van der Waals surface area contributed by atoms with E-state index in [2.05, 4.69) is 22.3 Å². The first kappa shape index (κ1) is 16.3. The van der Waals surface area contributed by atoms with Crippen molar-refractivity contribution < 1.29 is 9.90 Å². The number of nitrogens with one attached hydrogen (secondary N) is 1. The molecule has 1 aliphatic carbocycles. The van der Waals surface area contributed by atoms with Crippen molar-refractivity contribution in [3.05, 3.63) is 35.9 Å². The van der Waals surface area contributed by atoms with Gasteiger partial charge in [-0.25, -0.2) is 4.79 Å². The van der Waals surface area contributed by atoms with E-state index >= 15 is 0 Å². The highest BCUT2D eigenvalue weighted by Crippen LogP contribution is 2.37. The van der Waals surface area contributed by atoms with Crippen molar-refractivity contribution in [1.29, 1.82) is 0 Å². The Morgan fingerprint density at radius 3 is 2.65 bits per heavy atom. The SMILES string of the molecule is O=C(N[C@H](CCCO)c1ccccc1)N1CCC[C@H]1C1CCC1. The van der Waals surface area contributed by atoms with Gasteiger partial charge in [-0.1, -0.05) is 36.8 Å². The maximum Gasteiger partial charge on any atom is 0.318 e. The molecule has 1 aliphatic heterocycles. The Morgan fingerprint density at radius 1 is 1.22 bits per heavy atom. The molecular weight excluding hydrogens is 288 g/mol. The molecule has 1 aromatic carbocycles. The predicted octanol–water partition coefficient (Wildman–Crippen LogP) is 3.47. The van der Waals surface area contributed by atoms with Gasteiger partial charge in [0.1, 0.15) is 0 Å². The van der Waals surface area contributed by atoms with Crippen LogP contribution in [-0.4, -0.2) is 35.2 Å². The molecule has 3 rings (SSSR count). The van der Waals surface area contributed by atoms with Crippen molar-refractivity contribution >= 4 is 6.03 Å². The van der Waals surface area contributed by atoms with Crippen LogP contribution in [0.3, 0.4) is 0 Å². The number of benzene rings is 1. The number of amides is 2. The zero-order chi connectivity index (χ0) is 16.1. The van der Waals surface area contributed by atoms with Crippen LogP contribution in [0.5, 0.6) is 0 Å². The van der Waals surface area contributed by atoms with Crippen molar-refractivity contribution in [2.75, 3.05) is 13.2 Å². The number of nitrogens with zero attached hydrogens (tertiary/aromatic N) is 1. The van der Waals surface area contributed by atoms with Crippen LogP contribution in [0.15, 0.2) is 30.3 Å². The summed E-state index contributed by atoms with van der Waals surface area (Å²) < 4.78 is 0. The molecule has 0 unspecified atom stereocenters. The van der Waals surface area contributed by atoms with Crippen LogP contribution >= 0.6 is 0 Å². The topological polar surface area (TPSA) is 52.6 Å². The van der Waals surface area contributed by atoms with Crippen LogP contribution in [0.4, 0.5) is 4.79 Å². The van der Waals surface area contributed by atoms with Crippen molar-refractivity contribution in [2.24, 2.45) is 5.92 Å². The summed E-state index contributed by atoms with van der Waals surface area (Å²) >= 11 is 0. The number of aliphatic hydroxyl groups excluding tert-OH is 1. The summed E-state index contributed by atoms with van der Waals surface area (Å²) in [6.45, 7) is 1.04. The summed E-state index contributed by atoms with van der Waals surface area (Å²) in [4.78, 5) is 14.9. The van der Waals surface area contributed by atoms with Gasteiger partial charge in [0.15, 0.2) is 0 Å². The van der Waals surface area contributed by atoms with E-state index in [-0.39, 0.29) is 18.7 Å². The quantitative estimate of drug-likeness (QED) is 0.844. The van der Waals surface area contributed by atoms with Crippen LogP contribution in [0, 0.1) is 5.92 Å². The number of carbonyl (C=O) groups is 1. The Morgan fingerprint density at radius 2 is 2.00 bits per heavy atom. The molecular formula is C19H28N2O2. The molecule has 1 aromatic rings. The summed E-state index contributed by atoms with van der Waals surface area (Å²) in [5, 5.41) is 12.4. The fourth-order valence-electron chi connectivity index (χ4n) is 3.89. The predicted molar refractivity (Wildman–Crippen MR) is 91.1 cm³/mol. The van der Waals surface area contributed by atoms with Crippen molar-refractivity contribution in [1.82, 2.24) is 10.2 Å². The molecule has 1 heterocycles. The fraction of sp³-hybridized carbons (Fsp3) is 0.632. The monoisotopic (exact) mass is 316 g/mol.